The fraction of sp³-hybridized carbons (Fsp3) is 0.355. The number of aryl methyl sites for hydroxylation is 3. The molecule has 2 amide bonds. The second-order valence-corrected chi connectivity index (χ2v) is 12.9. The van der Waals surface area contributed by atoms with E-state index in [4.69, 9.17) is 0 Å². The number of unbranched alkanes of at least 4 members (excludes halogenated alkanes) is 1. The van der Waals surface area contributed by atoms with Crippen molar-refractivity contribution in [2.75, 3.05) is 17.4 Å². The van der Waals surface area contributed by atoms with Crippen LogP contribution in [0, 0.1) is 20.8 Å². The summed E-state index contributed by atoms with van der Waals surface area (Å²) < 4.78 is 30.1. The van der Waals surface area contributed by atoms with Crippen molar-refractivity contribution in [1.82, 2.24) is 10.2 Å². The molecule has 0 aliphatic carbocycles. The van der Waals surface area contributed by atoms with Gasteiger partial charge in [0.05, 0.1) is 10.6 Å². The van der Waals surface area contributed by atoms with Crippen molar-refractivity contribution in [2.45, 2.75) is 64.9 Å². The van der Waals surface area contributed by atoms with Gasteiger partial charge in [-0.2, -0.15) is 0 Å². The summed E-state index contributed by atoms with van der Waals surface area (Å²) in [6, 6.07) is 18.8. The molecule has 3 rings (SSSR count). The van der Waals surface area contributed by atoms with Crippen LogP contribution in [-0.4, -0.2) is 44.3 Å². The highest BCUT2D eigenvalue weighted by Crippen LogP contribution is 2.29. The lowest BCUT2D eigenvalue weighted by molar-refractivity contribution is -0.139. The lowest BCUT2D eigenvalue weighted by atomic mass is 10.1. The zero-order valence-electron chi connectivity index (χ0n) is 23.8. The van der Waals surface area contributed by atoms with Crippen LogP contribution in [0.2, 0.25) is 0 Å². The van der Waals surface area contributed by atoms with Gasteiger partial charge in [-0.25, -0.2) is 8.42 Å². The molecule has 40 heavy (non-hydrogen) atoms. The van der Waals surface area contributed by atoms with E-state index in [1.807, 2.05) is 64.1 Å². The van der Waals surface area contributed by atoms with Crippen LogP contribution in [0.1, 0.15) is 48.9 Å². The molecular formula is C31H38BrN3O4S. The lowest BCUT2D eigenvalue weighted by Gasteiger charge is -2.32. The summed E-state index contributed by atoms with van der Waals surface area (Å²) >= 11 is 3.43. The minimum atomic E-state index is -4.10. The monoisotopic (exact) mass is 627 g/mol. The number of carbonyl (C=O) groups excluding carboxylic acids is 2. The average molecular weight is 629 g/mol. The molecule has 0 fully saturated rings. The number of hydrogen-bond donors (Lipinski definition) is 1. The Kier molecular flexibility index (Phi) is 10.9. The van der Waals surface area contributed by atoms with Gasteiger partial charge in [0.1, 0.15) is 12.6 Å². The first kappa shape index (κ1) is 31.4. The fourth-order valence-electron chi connectivity index (χ4n) is 4.24. The minimum absolute atomic E-state index is 0.0941. The SMILES string of the molecule is CCCCNC(=O)[C@H](C)N(Cc1ccc(Br)cc1)C(=O)CN(c1cc(C)ccc1C)S(=O)(=O)c1ccc(C)cc1. The lowest BCUT2D eigenvalue weighted by Crippen LogP contribution is -2.51. The molecule has 9 heteroatoms. The zero-order valence-corrected chi connectivity index (χ0v) is 26.2. The largest absolute Gasteiger partial charge is 0.354 e. The van der Waals surface area contributed by atoms with Crippen LogP contribution >= 0.6 is 15.9 Å². The van der Waals surface area contributed by atoms with E-state index in [2.05, 4.69) is 21.2 Å². The number of hydrogen-bond acceptors (Lipinski definition) is 4. The highest BCUT2D eigenvalue weighted by molar-refractivity contribution is 9.10. The molecule has 0 radical (unpaired) electrons. The Morgan fingerprint density at radius 3 is 2.17 bits per heavy atom. The van der Waals surface area contributed by atoms with E-state index in [0.29, 0.717) is 12.2 Å². The van der Waals surface area contributed by atoms with Gasteiger partial charge < -0.3 is 10.2 Å². The maximum absolute atomic E-state index is 14.0. The van der Waals surface area contributed by atoms with Gasteiger partial charge in [-0.15, -0.1) is 0 Å². The number of nitrogens with one attached hydrogen (secondary N) is 1. The molecule has 0 heterocycles. The molecule has 0 spiro atoms. The number of amides is 2. The van der Waals surface area contributed by atoms with Gasteiger partial charge in [0.25, 0.3) is 10.0 Å². The van der Waals surface area contributed by atoms with Crippen LogP contribution in [0.15, 0.2) is 76.1 Å². The van der Waals surface area contributed by atoms with Crippen LogP contribution in [0.3, 0.4) is 0 Å². The fourth-order valence-corrected chi connectivity index (χ4v) is 5.98. The molecule has 7 nitrogen and oxygen atoms in total. The highest BCUT2D eigenvalue weighted by atomic mass is 79.9. The van der Waals surface area contributed by atoms with E-state index in [1.54, 1.807) is 37.3 Å². The summed E-state index contributed by atoms with van der Waals surface area (Å²) in [6.45, 7) is 9.50. The van der Waals surface area contributed by atoms with Gasteiger partial charge in [-0.1, -0.05) is 71.2 Å². The Morgan fingerprint density at radius 1 is 0.925 bits per heavy atom. The third kappa shape index (κ3) is 7.95. The second-order valence-electron chi connectivity index (χ2n) is 10.1. The van der Waals surface area contributed by atoms with Crippen LogP contribution in [0.4, 0.5) is 5.69 Å². The number of rotatable bonds is 12. The minimum Gasteiger partial charge on any atom is -0.354 e. The quantitative estimate of drug-likeness (QED) is 0.253. The van der Waals surface area contributed by atoms with Crippen molar-refractivity contribution in [3.05, 3.63) is 93.5 Å². The summed E-state index contributed by atoms with van der Waals surface area (Å²) in [6.07, 6.45) is 1.76. The van der Waals surface area contributed by atoms with Gasteiger partial charge in [-0.3, -0.25) is 13.9 Å². The molecule has 0 saturated carbocycles. The Morgan fingerprint density at radius 2 is 1.55 bits per heavy atom. The Hall–Kier alpha value is -3.17. The van der Waals surface area contributed by atoms with Gasteiger partial charge >= 0.3 is 0 Å². The van der Waals surface area contributed by atoms with Crippen LogP contribution in [0.25, 0.3) is 0 Å². The number of carbonyl (C=O) groups is 2. The first-order valence-electron chi connectivity index (χ1n) is 13.4. The Balaban J connectivity index is 2.04. The molecule has 0 aliphatic rings. The summed E-state index contributed by atoms with van der Waals surface area (Å²) in [7, 11) is -4.10. The number of anilines is 1. The molecule has 0 saturated heterocycles. The normalized spacial score (nSPS) is 12.1. The molecule has 1 N–H and O–H groups in total. The van der Waals surface area contributed by atoms with E-state index in [1.165, 1.54) is 9.21 Å². The first-order valence-corrected chi connectivity index (χ1v) is 15.7. The molecule has 0 unspecified atom stereocenters. The van der Waals surface area contributed by atoms with Crippen molar-refractivity contribution < 1.29 is 18.0 Å². The topological polar surface area (TPSA) is 86.8 Å². The maximum atomic E-state index is 14.0. The molecule has 0 aliphatic heterocycles. The van der Waals surface area contributed by atoms with E-state index < -0.39 is 28.5 Å². The molecule has 3 aromatic carbocycles. The number of nitrogens with zero attached hydrogens (tertiary/aromatic N) is 2. The highest BCUT2D eigenvalue weighted by Gasteiger charge is 2.33. The second kappa shape index (κ2) is 13.9. The van der Waals surface area contributed by atoms with Gasteiger partial charge in [0.15, 0.2) is 0 Å². The standard InChI is InChI=1S/C31H38BrN3O4S/c1-6-7-18-33-31(37)25(5)34(20-26-12-14-27(32)15-13-26)30(36)21-35(29-19-23(3)8-11-24(29)4)40(38,39)28-16-9-22(2)10-17-28/h8-17,19,25H,6-7,18,20-21H2,1-5H3,(H,33,37)/t25-/m0/s1. The van der Waals surface area contributed by atoms with Crippen molar-refractivity contribution in [3.63, 3.8) is 0 Å². The molecule has 214 valence electrons. The smallest absolute Gasteiger partial charge is 0.264 e. The van der Waals surface area contributed by atoms with E-state index >= 15 is 0 Å². The van der Waals surface area contributed by atoms with Crippen molar-refractivity contribution in [1.29, 1.82) is 0 Å². The van der Waals surface area contributed by atoms with Gasteiger partial charge in [0.2, 0.25) is 11.8 Å². The maximum Gasteiger partial charge on any atom is 0.264 e. The molecule has 0 bridgehead atoms. The van der Waals surface area contributed by atoms with E-state index in [-0.39, 0.29) is 17.3 Å². The zero-order chi connectivity index (χ0) is 29.4. The molecule has 1 atom stereocenters. The number of halogens is 1. The van der Waals surface area contributed by atoms with Crippen LogP contribution < -0.4 is 9.62 Å². The van der Waals surface area contributed by atoms with E-state index in [0.717, 1.165) is 39.6 Å². The molecule has 0 aromatic heterocycles. The number of sulfonamides is 1. The van der Waals surface area contributed by atoms with Gasteiger partial charge in [-0.05, 0) is 81.1 Å². The van der Waals surface area contributed by atoms with Gasteiger partial charge in [0, 0.05) is 17.6 Å². The average Bonchev–Trinajstić information content (AvgIpc) is 2.92. The summed E-state index contributed by atoms with van der Waals surface area (Å²) in [5.74, 6) is -0.753. The summed E-state index contributed by atoms with van der Waals surface area (Å²) in [5, 5.41) is 2.90. The third-order valence-corrected chi connectivity index (χ3v) is 9.09. The van der Waals surface area contributed by atoms with Crippen LogP contribution in [-0.2, 0) is 26.2 Å². The van der Waals surface area contributed by atoms with Crippen molar-refractivity contribution >= 4 is 43.5 Å². The summed E-state index contributed by atoms with van der Waals surface area (Å²) in [5.41, 5.74) is 3.77. The Labute approximate surface area is 246 Å². The van der Waals surface area contributed by atoms with Crippen molar-refractivity contribution in [2.24, 2.45) is 0 Å². The third-order valence-electron chi connectivity index (χ3n) is 6.78. The number of benzene rings is 3. The summed E-state index contributed by atoms with van der Waals surface area (Å²) in [4.78, 5) is 28.6. The Bertz CT molecular complexity index is 1420. The predicted molar refractivity (Wildman–Crippen MR) is 164 cm³/mol. The predicted octanol–water partition coefficient (Wildman–Crippen LogP) is 5.90. The van der Waals surface area contributed by atoms with E-state index in [9.17, 15) is 18.0 Å². The molecular weight excluding hydrogens is 590 g/mol. The van der Waals surface area contributed by atoms with Crippen molar-refractivity contribution in [3.8, 4) is 0 Å². The first-order chi connectivity index (χ1) is 18.9. The van der Waals surface area contributed by atoms with Crippen LogP contribution in [0.5, 0.6) is 0 Å². The molecule has 3 aromatic rings.